The summed E-state index contributed by atoms with van der Waals surface area (Å²) in [6.45, 7) is 4.25. The quantitative estimate of drug-likeness (QED) is 0.917. The summed E-state index contributed by atoms with van der Waals surface area (Å²) in [5.74, 6) is -1.01. The van der Waals surface area contributed by atoms with Crippen molar-refractivity contribution < 1.29 is 14.7 Å². The molecule has 2 rings (SSSR count). The summed E-state index contributed by atoms with van der Waals surface area (Å²) in [6, 6.07) is 7.92. The van der Waals surface area contributed by atoms with Gasteiger partial charge in [0.1, 0.15) is 5.54 Å². The lowest BCUT2D eigenvalue weighted by molar-refractivity contribution is -0.155. The Morgan fingerprint density at radius 1 is 1.35 bits per heavy atom. The van der Waals surface area contributed by atoms with Crippen molar-refractivity contribution >= 4 is 11.9 Å². The molecular weight excluding hydrogens is 254 g/mol. The fraction of sp³-hybridized carbons (Fsp3) is 0.500. The number of likely N-dealkylation sites (tertiary alicyclic amines) is 1. The largest absolute Gasteiger partial charge is 0.480 e. The van der Waals surface area contributed by atoms with E-state index in [1.807, 2.05) is 24.3 Å². The minimum Gasteiger partial charge on any atom is -0.480 e. The Kier molecular flexibility index (Phi) is 4.12. The van der Waals surface area contributed by atoms with Gasteiger partial charge in [0.05, 0.1) is 6.42 Å². The van der Waals surface area contributed by atoms with E-state index in [2.05, 4.69) is 6.92 Å². The molecule has 1 amide bonds. The van der Waals surface area contributed by atoms with E-state index in [9.17, 15) is 14.7 Å². The molecule has 1 aromatic carbocycles. The van der Waals surface area contributed by atoms with Crippen molar-refractivity contribution in [1.82, 2.24) is 4.90 Å². The summed E-state index contributed by atoms with van der Waals surface area (Å²) >= 11 is 0. The summed E-state index contributed by atoms with van der Waals surface area (Å²) in [7, 11) is 0. The molecule has 1 heterocycles. The number of carboxylic acids is 1. The molecule has 108 valence electrons. The number of hydrogen-bond donors (Lipinski definition) is 1. The lowest BCUT2D eigenvalue weighted by Crippen LogP contribution is -2.51. The molecule has 1 aromatic rings. The first-order valence-corrected chi connectivity index (χ1v) is 7.09. The van der Waals surface area contributed by atoms with E-state index in [1.165, 1.54) is 10.5 Å². The van der Waals surface area contributed by atoms with Crippen molar-refractivity contribution in [3.05, 3.63) is 35.4 Å². The smallest absolute Gasteiger partial charge is 0.329 e. The highest BCUT2D eigenvalue weighted by atomic mass is 16.4. The van der Waals surface area contributed by atoms with Crippen molar-refractivity contribution in [2.75, 3.05) is 6.54 Å². The third-order valence-corrected chi connectivity index (χ3v) is 4.16. The standard InChI is InChI=1S/C16H21NO3/c1-3-12-6-4-7-13(10-12)11-14(18)17-9-5-8-16(17,2)15(19)20/h4,6-7,10H,3,5,8-9,11H2,1-2H3,(H,19,20). The highest BCUT2D eigenvalue weighted by Crippen LogP contribution is 2.29. The number of amides is 1. The van der Waals surface area contributed by atoms with Gasteiger partial charge < -0.3 is 10.0 Å². The van der Waals surface area contributed by atoms with Crippen LogP contribution in [-0.2, 0) is 22.4 Å². The predicted octanol–water partition coefficient (Wildman–Crippen LogP) is 2.26. The summed E-state index contributed by atoms with van der Waals surface area (Å²) in [5, 5.41) is 9.35. The zero-order valence-electron chi connectivity index (χ0n) is 12.1. The van der Waals surface area contributed by atoms with Crippen LogP contribution in [-0.4, -0.2) is 34.0 Å². The van der Waals surface area contributed by atoms with E-state index < -0.39 is 11.5 Å². The van der Waals surface area contributed by atoms with Crippen LogP contribution in [0.5, 0.6) is 0 Å². The molecule has 20 heavy (non-hydrogen) atoms. The van der Waals surface area contributed by atoms with Crippen LogP contribution in [0, 0.1) is 0 Å². The van der Waals surface area contributed by atoms with Crippen LogP contribution in [0.4, 0.5) is 0 Å². The van der Waals surface area contributed by atoms with Crippen LogP contribution in [0.1, 0.15) is 37.8 Å². The number of aliphatic carboxylic acids is 1. The summed E-state index contributed by atoms with van der Waals surface area (Å²) in [4.78, 5) is 25.3. The van der Waals surface area contributed by atoms with Crippen LogP contribution in [0.15, 0.2) is 24.3 Å². The number of aryl methyl sites for hydroxylation is 1. The van der Waals surface area contributed by atoms with E-state index in [1.54, 1.807) is 6.92 Å². The Balaban J connectivity index is 2.13. The first-order valence-electron chi connectivity index (χ1n) is 7.09. The van der Waals surface area contributed by atoms with Crippen LogP contribution in [0.25, 0.3) is 0 Å². The first kappa shape index (κ1) is 14.6. The minimum atomic E-state index is -1.04. The molecule has 1 N–H and O–H groups in total. The highest BCUT2D eigenvalue weighted by Gasteiger charge is 2.45. The number of carboxylic acid groups (broad SMARTS) is 1. The molecule has 0 aromatic heterocycles. The van der Waals surface area contributed by atoms with Gasteiger partial charge in [-0.3, -0.25) is 4.79 Å². The fourth-order valence-electron chi connectivity index (χ4n) is 2.82. The molecule has 4 nitrogen and oxygen atoms in total. The number of nitrogens with zero attached hydrogens (tertiary/aromatic N) is 1. The van der Waals surface area contributed by atoms with Gasteiger partial charge in [-0.15, -0.1) is 0 Å². The van der Waals surface area contributed by atoms with Gasteiger partial charge in [-0.05, 0) is 37.3 Å². The lowest BCUT2D eigenvalue weighted by Gasteiger charge is -2.31. The SMILES string of the molecule is CCc1cccc(CC(=O)N2CCCC2(C)C(=O)O)c1. The molecule has 0 aliphatic carbocycles. The monoisotopic (exact) mass is 275 g/mol. The van der Waals surface area contributed by atoms with Gasteiger partial charge >= 0.3 is 5.97 Å². The van der Waals surface area contributed by atoms with E-state index >= 15 is 0 Å². The molecule has 1 aliphatic rings. The van der Waals surface area contributed by atoms with Gasteiger partial charge in [-0.25, -0.2) is 4.79 Å². The van der Waals surface area contributed by atoms with Crippen LogP contribution >= 0.6 is 0 Å². The van der Waals surface area contributed by atoms with E-state index in [4.69, 9.17) is 0 Å². The van der Waals surface area contributed by atoms with Crippen molar-refractivity contribution in [3.63, 3.8) is 0 Å². The minimum absolute atomic E-state index is 0.0966. The highest BCUT2D eigenvalue weighted by molar-refractivity contribution is 5.88. The van der Waals surface area contributed by atoms with Crippen molar-refractivity contribution in [1.29, 1.82) is 0 Å². The summed E-state index contributed by atoms with van der Waals surface area (Å²) in [6.07, 6.45) is 2.49. The molecule has 0 saturated carbocycles. The van der Waals surface area contributed by atoms with Gasteiger partial charge in [-0.1, -0.05) is 31.2 Å². The first-order chi connectivity index (χ1) is 9.47. The Morgan fingerprint density at radius 2 is 2.05 bits per heavy atom. The zero-order valence-corrected chi connectivity index (χ0v) is 12.1. The topological polar surface area (TPSA) is 57.6 Å². The number of carbonyl (C=O) groups is 2. The number of carbonyl (C=O) groups excluding carboxylic acids is 1. The molecule has 1 saturated heterocycles. The zero-order chi connectivity index (χ0) is 14.8. The Bertz CT molecular complexity index is 526. The second-order valence-corrected chi connectivity index (χ2v) is 5.58. The molecule has 0 bridgehead atoms. The van der Waals surface area contributed by atoms with E-state index in [0.29, 0.717) is 13.0 Å². The lowest BCUT2D eigenvalue weighted by atomic mass is 9.98. The van der Waals surface area contributed by atoms with Crippen LogP contribution in [0.2, 0.25) is 0 Å². The van der Waals surface area contributed by atoms with Crippen molar-refractivity contribution in [2.45, 2.75) is 45.1 Å². The normalized spacial score (nSPS) is 22.0. The van der Waals surface area contributed by atoms with Gasteiger partial charge in [0, 0.05) is 6.54 Å². The second kappa shape index (κ2) is 5.65. The molecule has 0 spiro atoms. The van der Waals surface area contributed by atoms with Gasteiger partial charge in [0.15, 0.2) is 0 Å². The molecular formula is C16H21NO3. The fourth-order valence-corrected chi connectivity index (χ4v) is 2.82. The van der Waals surface area contributed by atoms with Gasteiger partial charge in [0.25, 0.3) is 0 Å². The maximum absolute atomic E-state index is 12.4. The molecule has 0 radical (unpaired) electrons. The molecule has 4 heteroatoms. The third-order valence-electron chi connectivity index (χ3n) is 4.16. The molecule has 1 aliphatic heterocycles. The average molecular weight is 275 g/mol. The van der Waals surface area contributed by atoms with Gasteiger partial charge in [0.2, 0.25) is 5.91 Å². The van der Waals surface area contributed by atoms with Crippen molar-refractivity contribution in [2.24, 2.45) is 0 Å². The van der Waals surface area contributed by atoms with Crippen LogP contribution in [0.3, 0.4) is 0 Å². The number of rotatable bonds is 4. The molecule has 1 unspecified atom stereocenters. The van der Waals surface area contributed by atoms with E-state index in [-0.39, 0.29) is 12.3 Å². The Hall–Kier alpha value is -1.84. The van der Waals surface area contributed by atoms with Crippen LogP contribution < -0.4 is 0 Å². The Morgan fingerprint density at radius 3 is 2.70 bits per heavy atom. The van der Waals surface area contributed by atoms with Gasteiger partial charge in [-0.2, -0.15) is 0 Å². The molecule has 1 atom stereocenters. The number of hydrogen-bond acceptors (Lipinski definition) is 2. The summed E-state index contributed by atoms with van der Waals surface area (Å²) < 4.78 is 0. The third kappa shape index (κ3) is 2.69. The maximum atomic E-state index is 12.4. The summed E-state index contributed by atoms with van der Waals surface area (Å²) in [5.41, 5.74) is 1.10. The average Bonchev–Trinajstić information content (AvgIpc) is 2.82. The molecule has 1 fully saturated rings. The number of benzene rings is 1. The van der Waals surface area contributed by atoms with E-state index in [0.717, 1.165) is 18.4 Å². The Labute approximate surface area is 119 Å². The van der Waals surface area contributed by atoms with Crippen molar-refractivity contribution in [3.8, 4) is 0 Å². The maximum Gasteiger partial charge on any atom is 0.329 e. The predicted molar refractivity (Wildman–Crippen MR) is 76.5 cm³/mol. The second-order valence-electron chi connectivity index (χ2n) is 5.58.